The molecule has 0 saturated heterocycles. The molecule has 112 valence electrons. The van der Waals surface area contributed by atoms with Crippen molar-refractivity contribution in [2.24, 2.45) is 5.92 Å². The minimum absolute atomic E-state index is 0.0528. The SMILES string of the molecule is Cc1c(C(=O)N(C)CCC(=O)O)cnn1CCC(C)C. The van der Waals surface area contributed by atoms with Gasteiger partial charge in [-0.05, 0) is 19.3 Å². The van der Waals surface area contributed by atoms with E-state index in [1.807, 2.05) is 11.6 Å². The Bertz CT molecular complexity index is 480. The van der Waals surface area contributed by atoms with Crippen LogP contribution in [0.2, 0.25) is 0 Å². The molecular formula is C14H23N3O3. The summed E-state index contributed by atoms with van der Waals surface area (Å²) in [7, 11) is 1.61. The zero-order valence-corrected chi connectivity index (χ0v) is 12.6. The number of carboxylic acids is 1. The molecule has 1 rings (SSSR count). The number of carboxylic acid groups (broad SMARTS) is 1. The van der Waals surface area contributed by atoms with E-state index in [0.717, 1.165) is 18.7 Å². The number of hydrogen-bond donors (Lipinski definition) is 1. The first-order chi connectivity index (χ1) is 9.32. The molecule has 1 aromatic rings. The highest BCUT2D eigenvalue weighted by atomic mass is 16.4. The summed E-state index contributed by atoms with van der Waals surface area (Å²) in [5.74, 6) is -0.510. The van der Waals surface area contributed by atoms with Gasteiger partial charge in [-0.25, -0.2) is 0 Å². The fourth-order valence-electron chi connectivity index (χ4n) is 1.83. The summed E-state index contributed by atoms with van der Waals surface area (Å²) in [5.41, 5.74) is 1.37. The van der Waals surface area contributed by atoms with Crippen LogP contribution in [0.1, 0.15) is 42.7 Å². The van der Waals surface area contributed by atoms with E-state index < -0.39 is 5.97 Å². The lowest BCUT2D eigenvalue weighted by Gasteiger charge is -2.15. The van der Waals surface area contributed by atoms with Gasteiger partial charge in [0.05, 0.1) is 18.2 Å². The van der Waals surface area contributed by atoms with Crippen molar-refractivity contribution < 1.29 is 14.7 Å². The van der Waals surface area contributed by atoms with E-state index >= 15 is 0 Å². The summed E-state index contributed by atoms with van der Waals surface area (Å²) in [6, 6.07) is 0. The zero-order valence-electron chi connectivity index (χ0n) is 12.6. The summed E-state index contributed by atoms with van der Waals surface area (Å²) in [6.45, 7) is 7.14. The van der Waals surface area contributed by atoms with E-state index in [9.17, 15) is 9.59 Å². The van der Waals surface area contributed by atoms with E-state index in [0.29, 0.717) is 11.5 Å². The third-order valence-corrected chi connectivity index (χ3v) is 3.26. The molecule has 1 amide bonds. The van der Waals surface area contributed by atoms with Gasteiger partial charge in [0.25, 0.3) is 5.91 Å². The minimum Gasteiger partial charge on any atom is -0.481 e. The first-order valence-electron chi connectivity index (χ1n) is 6.82. The van der Waals surface area contributed by atoms with Crippen molar-refractivity contribution in [3.05, 3.63) is 17.5 Å². The van der Waals surface area contributed by atoms with Crippen molar-refractivity contribution in [3.8, 4) is 0 Å². The number of aryl methyl sites for hydroxylation is 1. The molecule has 0 radical (unpaired) electrons. The molecule has 0 aliphatic rings. The van der Waals surface area contributed by atoms with Crippen LogP contribution in [-0.4, -0.2) is 45.3 Å². The highest BCUT2D eigenvalue weighted by Gasteiger charge is 2.18. The lowest BCUT2D eigenvalue weighted by Crippen LogP contribution is -2.29. The lowest BCUT2D eigenvalue weighted by atomic mass is 10.1. The number of aromatic nitrogens is 2. The Morgan fingerprint density at radius 2 is 2.10 bits per heavy atom. The van der Waals surface area contributed by atoms with E-state index in [4.69, 9.17) is 5.11 Å². The van der Waals surface area contributed by atoms with Crippen LogP contribution in [-0.2, 0) is 11.3 Å². The molecule has 1 aromatic heterocycles. The number of amides is 1. The average molecular weight is 281 g/mol. The van der Waals surface area contributed by atoms with Crippen molar-refractivity contribution in [1.29, 1.82) is 0 Å². The van der Waals surface area contributed by atoms with Gasteiger partial charge >= 0.3 is 5.97 Å². The van der Waals surface area contributed by atoms with Crippen molar-refractivity contribution >= 4 is 11.9 Å². The molecule has 0 spiro atoms. The van der Waals surface area contributed by atoms with Crippen LogP contribution in [0.5, 0.6) is 0 Å². The summed E-state index contributed by atoms with van der Waals surface area (Å²) in [4.78, 5) is 24.2. The highest BCUT2D eigenvalue weighted by molar-refractivity contribution is 5.95. The molecule has 6 nitrogen and oxygen atoms in total. The van der Waals surface area contributed by atoms with Crippen LogP contribution in [0, 0.1) is 12.8 Å². The Balaban J connectivity index is 2.71. The maximum atomic E-state index is 12.2. The quantitative estimate of drug-likeness (QED) is 0.826. The van der Waals surface area contributed by atoms with E-state index in [-0.39, 0.29) is 18.9 Å². The number of nitrogens with zero attached hydrogens (tertiary/aromatic N) is 3. The van der Waals surface area contributed by atoms with Gasteiger partial charge < -0.3 is 10.0 Å². The molecule has 6 heteroatoms. The van der Waals surface area contributed by atoms with Crippen LogP contribution in [0.4, 0.5) is 0 Å². The van der Waals surface area contributed by atoms with Crippen LogP contribution < -0.4 is 0 Å². The Morgan fingerprint density at radius 3 is 2.65 bits per heavy atom. The van der Waals surface area contributed by atoms with Gasteiger partial charge in [-0.1, -0.05) is 13.8 Å². The third-order valence-electron chi connectivity index (χ3n) is 3.26. The molecule has 0 aromatic carbocycles. The van der Waals surface area contributed by atoms with Crippen LogP contribution >= 0.6 is 0 Å². The molecule has 20 heavy (non-hydrogen) atoms. The second-order valence-electron chi connectivity index (χ2n) is 5.42. The molecule has 0 unspecified atom stereocenters. The number of rotatable bonds is 7. The molecule has 0 saturated carbocycles. The second kappa shape index (κ2) is 7.07. The standard InChI is InChI=1S/C14H23N3O3/c1-10(2)5-8-17-11(3)12(9-15-17)14(20)16(4)7-6-13(18)19/h9-10H,5-8H2,1-4H3,(H,18,19). The van der Waals surface area contributed by atoms with Crippen molar-refractivity contribution in [2.75, 3.05) is 13.6 Å². The third kappa shape index (κ3) is 4.36. The maximum absolute atomic E-state index is 12.2. The Kier molecular flexibility index (Phi) is 5.73. The minimum atomic E-state index is -0.908. The topological polar surface area (TPSA) is 75.4 Å². The largest absolute Gasteiger partial charge is 0.481 e. The van der Waals surface area contributed by atoms with E-state index in [2.05, 4.69) is 18.9 Å². The summed E-state index contributed by atoms with van der Waals surface area (Å²) in [5, 5.41) is 12.9. The highest BCUT2D eigenvalue weighted by Crippen LogP contribution is 2.12. The fourth-order valence-corrected chi connectivity index (χ4v) is 1.83. The predicted molar refractivity (Wildman–Crippen MR) is 75.6 cm³/mol. The van der Waals surface area contributed by atoms with Crippen molar-refractivity contribution in [1.82, 2.24) is 14.7 Å². The molecule has 1 N–H and O–H groups in total. The van der Waals surface area contributed by atoms with Crippen LogP contribution in [0.15, 0.2) is 6.20 Å². The first-order valence-corrected chi connectivity index (χ1v) is 6.82. The number of carbonyl (C=O) groups excluding carboxylic acids is 1. The van der Waals surface area contributed by atoms with Crippen molar-refractivity contribution in [3.63, 3.8) is 0 Å². The molecule has 0 aliphatic heterocycles. The van der Waals surface area contributed by atoms with E-state index in [1.165, 1.54) is 4.90 Å². The monoisotopic (exact) mass is 281 g/mol. The summed E-state index contributed by atoms with van der Waals surface area (Å²) in [6.07, 6.45) is 2.52. The zero-order chi connectivity index (χ0) is 15.3. The van der Waals surface area contributed by atoms with Crippen LogP contribution in [0.25, 0.3) is 0 Å². The summed E-state index contributed by atoms with van der Waals surface area (Å²) >= 11 is 0. The van der Waals surface area contributed by atoms with E-state index in [1.54, 1.807) is 13.2 Å². The van der Waals surface area contributed by atoms with Gasteiger partial charge in [-0.15, -0.1) is 0 Å². The normalized spacial score (nSPS) is 10.8. The number of aliphatic carboxylic acids is 1. The van der Waals surface area contributed by atoms with Gasteiger partial charge in [-0.3, -0.25) is 14.3 Å². The number of carbonyl (C=O) groups is 2. The summed E-state index contributed by atoms with van der Waals surface area (Å²) < 4.78 is 1.83. The molecule has 1 heterocycles. The van der Waals surface area contributed by atoms with Gasteiger partial charge in [0.2, 0.25) is 0 Å². The first kappa shape index (κ1) is 16.2. The molecule has 0 atom stereocenters. The Hall–Kier alpha value is -1.85. The fraction of sp³-hybridized carbons (Fsp3) is 0.643. The smallest absolute Gasteiger partial charge is 0.305 e. The molecular weight excluding hydrogens is 258 g/mol. The average Bonchev–Trinajstić information content (AvgIpc) is 2.73. The molecule has 0 bridgehead atoms. The lowest BCUT2D eigenvalue weighted by molar-refractivity contribution is -0.137. The Labute approximate surface area is 119 Å². The maximum Gasteiger partial charge on any atom is 0.305 e. The second-order valence-corrected chi connectivity index (χ2v) is 5.42. The molecule has 0 aliphatic carbocycles. The predicted octanol–water partition coefficient (Wildman–Crippen LogP) is 1.78. The Morgan fingerprint density at radius 1 is 1.45 bits per heavy atom. The molecule has 0 fully saturated rings. The van der Waals surface area contributed by atoms with Gasteiger partial charge in [0, 0.05) is 25.8 Å². The van der Waals surface area contributed by atoms with Gasteiger partial charge in [0.1, 0.15) is 0 Å². The number of hydrogen-bond acceptors (Lipinski definition) is 3. The van der Waals surface area contributed by atoms with Gasteiger partial charge in [-0.2, -0.15) is 5.10 Å². The van der Waals surface area contributed by atoms with Gasteiger partial charge in [0.15, 0.2) is 0 Å². The van der Waals surface area contributed by atoms with Crippen LogP contribution in [0.3, 0.4) is 0 Å². The van der Waals surface area contributed by atoms with Crippen molar-refractivity contribution in [2.45, 2.75) is 40.2 Å².